The summed E-state index contributed by atoms with van der Waals surface area (Å²) in [7, 11) is 0. The number of hydrogen-bond acceptors (Lipinski definition) is 2. The van der Waals surface area contributed by atoms with Gasteiger partial charge in [-0.25, -0.2) is 0 Å². The van der Waals surface area contributed by atoms with Crippen LogP contribution in [-0.2, 0) is 0 Å². The van der Waals surface area contributed by atoms with E-state index in [1.54, 1.807) is 0 Å². The van der Waals surface area contributed by atoms with Gasteiger partial charge in [0.1, 0.15) is 22.5 Å². The molecular weight excluding hydrogens is 440 g/mol. The minimum atomic E-state index is 0.865. The number of benzene rings is 6. The average Bonchev–Trinajstić information content (AvgIpc) is 3.53. The van der Waals surface area contributed by atoms with Gasteiger partial charge in [0.25, 0.3) is 0 Å². The molecule has 2 heteroatoms. The molecule has 0 fully saturated rings. The fourth-order valence-electron chi connectivity index (χ4n) is 5.77. The quantitative estimate of drug-likeness (QED) is 0.240. The van der Waals surface area contributed by atoms with Crippen LogP contribution in [0, 0.1) is 0 Å². The summed E-state index contributed by atoms with van der Waals surface area (Å²) in [4.78, 5) is 0. The van der Waals surface area contributed by atoms with Gasteiger partial charge in [-0.15, -0.1) is 0 Å². The lowest BCUT2D eigenvalue weighted by Crippen LogP contribution is -1.89. The zero-order valence-electron chi connectivity index (χ0n) is 19.4. The number of hydrogen-bond donors (Lipinski definition) is 0. The van der Waals surface area contributed by atoms with Crippen molar-refractivity contribution in [3.63, 3.8) is 0 Å². The first-order valence-electron chi connectivity index (χ1n) is 12.2. The topological polar surface area (TPSA) is 26.3 Å². The van der Waals surface area contributed by atoms with Crippen LogP contribution in [0.25, 0.3) is 76.9 Å². The predicted molar refractivity (Wildman–Crippen MR) is 149 cm³/mol. The first kappa shape index (κ1) is 19.5. The van der Waals surface area contributed by atoms with Gasteiger partial charge in [-0.3, -0.25) is 0 Å². The predicted octanol–water partition coefficient (Wildman–Crippen LogP) is 9.97. The van der Waals surface area contributed by atoms with E-state index in [1.807, 2.05) is 24.3 Å². The standard InChI is InChI=1S/C34H20O2/c1-2-10-21(11-3-1)32-22-12-4-6-14-24(22)33(25-15-7-5-13-23(25)32)31-20-27-29(36-31)18-19-30-34(27)26-16-8-9-17-28(26)35-30/h1-20H. The van der Waals surface area contributed by atoms with Crippen molar-refractivity contribution < 1.29 is 8.83 Å². The van der Waals surface area contributed by atoms with Crippen molar-refractivity contribution in [1.29, 1.82) is 0 Å². The van der Waals surface area contributed by atoms with Crippen LogP contribution in [0.1, 0.15) is 0 Å². The van der Waals surface area contributed by atoms with Gasteiger partial charge in [0.2, 0.25) is 0 Å². The van der Waals surface area contributed by atoms with E-state index in [2.05, 4.69) is 97.1 Å². The summed E-state index contributed by atoms with van der Waals surface area (Å²) in [5, 5.41) is 8.10. The van der Waals surface area contributed by atoms with Crippen LogP contribution >= 0.6 is 0 Å². The van der Waals surface area contributed by atoms with Crippen LogP contribution < -0.4 is 0 Å². The molecule has 0 aliphatic rings. The van der Waals surface area contributed by atoms with Crippen LogP contribution in [0.5, 0.6) is 0 Å². The van der Waals surface area contributed by atoms with Crippen molar-refractivity contribution in [2.24, 2.45) is 0 Å². The lowest BCUT2D eigenvalue weighted by atomic mass is 9.87. The van der Waals surface area contributed by atoms with Crippen LogP contribution in [0.3, 0.4) is 0 Å². The number of fused-ring (bicyclic) bond motifs is 7. The van der Waals surface area contributed by atoms with Gasteiger partial charge in [-0.2, -0.15) is 0 Å². The fourth-order valence-corrected chi connectivity index (χ4v) is 5.77. The highest BCUT2D eigenvalue weighted by Gasteiger charge is 2.20. The summed E-state index contributed by atoms with van der Waals surface area (Å²) in [5.74, 6) is 0.870. The summed E-state index contributed by atoms with van der Waals surface area (Å²) < 4.78 is 12.7. The van der Waals surface area contributed by atoms with Crippen molar-refractivity contribution in [2.45, 2.75) is 0 Å². The Hall–Kier alpha value is -4.82. The molecule has 2 nitrogen and oxygen atoms in total. The molecule has 2 heterocycles. The molecule has 0 unspecified atom stereocenters. The normalized spacial score (nSPS) is 11.9. The van der Waals surface area contributed by atoms with Crippen molar-refractivity contribution in [3.05, 3.63) is 121 Å². The highest BCUT2D eigenvalue weighted by Crippen LogP contribution is 2.46. The molecule has 6 aromatic carbocycles. The third-order valence-corrected chi connectivity index (χ3v) is 7.28. The van der Waals surface area contributed by atoms with Gasteiger partial charge in [0.05, 0.1) is 0 Å². The largest absolute Gasteiger partial charge is 0.456 e. The SMILES string of the molecule is c1ccc(-c2c3ccccc3c(-c3cc4c(ccc5oc6ccccc6c54)o3)c3ccccc23)cc1. The summed E-state index contributed by atoms with van der Waals surface area (Å²) in [6.07, 6.45) is 0. The van der Waals surface area contributed by atoms with E-state index in [1.165, 1.54) is 32.7 Å². The van der Waals surface area contributed by atoms with Gasteiger partial charge < -0.3 is 8.83 Å². The molecule has 168 valence electrons. The maximum atomic E-state index is 6.60. The molecule has 0 aliphatic heterocycles. The summed E-state index contributed by atoms with van der Waals surface area (Å²) in [6, 6.07) is 42.4. The molecule has 0 atom stereocenters. The maximum absolute atomic E-state index is 6.60. The van der Waals surface area contributed by atoms with Crippen molar-refractivity contribution in [2.75, 3.05) is 0 Å². The molecule has 8 rings (SSSR count). The molecule has 0 saturated carbocycles. The highest BCUT2D eigenvalue weighted by atomic mass is 16.3. The Morgan fingerprint density at radius 3 is 1.58 bits per heavy atom. The molecular formula is C34H20O2. The van der Waals surface area contributed by atoms with Gasteiger partial charge >= 0.3 is 0 Å². The van der Waals surface area contributed by atoms with E-state index >= 15 is 0 Å². The summed E-state index contributed by atoms with van der Waals surface area (Å²) >= 11 is 0. The molecule has 0 bridgehead atoms. The molecule has 0 amide bonds. The van der Waals surface area contributed by atoms with E-state index in [9.17, 15) is 0 Å². The van der Waals surface area contributed by atoms with Gasteiger partial charge in [-0.05, 0) is 56.9 Å². The Bertz CT molecular complexity index is 2030. The zero-order chi connectivity index (χ0) is 23.6. The second kappa shape index (κ2) is 7.34. The molecule has 0 radical (unpaired) electrons. The Morgan fingerprint density at radius 2 is 0.889 bits per heavy atom. The van der Waals surface area contributed by atoms with Crippen molar-refractivity contribution >= 4 is 54.5 Å². The lowest BCUT2D eigenvalue weighted by Gasteiger charge is -2.16. The second-order valence-electron chi connectivity index (χ2n) is 9.27. The lowest BCUT2D eigenvalue weighted by molar-refractivity contribution is 0.632. The molecule has 0 saturated heterocycles. The Balaban J connectivity index is 1.52. The van der Waals surface area contributed by atoms with E-state index in [4.69, 9.17) is 8.83 Å². The highest BCUT2D eigenvalue weighted by molar-refractivity contribution is 6.23. The van der Waals surface area contributed by atoms with Crippen LogP contribution in [0.15, 0.2) is 130 Å². The van der Waals surface area contributed by atoms with Crippen LogP contribution in [0.4, 0.5) is 0 Å². The van der Waals surface area contributed by atoms with Crippen LogP contribution in [-0.4, -0.2) is 0 Å². The molecule has 0 spiro atoms. The van der Waals surface area contributed by atoms with Crippen molar-refractivity contribution in [3.8, 4) is 22.5 Å². The Morgan fingerprint density at radius 1 is 0.361 bits per heavy atom. The summed E-state index contributed by atoms with van der Waals surface area (Å²) in [5.41, 5.74) is 6.23. The van der Waals surface area contributed by atoms with Gasteiger partial charge in [-0.1, -0.05) is 97.1 Å². The third kappa shape index (κ3) is 2.67. The minimum absolute atomic E-state index is 0.865. The summed E-state index contributed by atoms with van der Waals surface area (Å²) in [6.45, 7) is 0. The zero-order valence-corrected chi connectivity index (χ0v) is 19.4. The van der Waals surface area contributed by atoms with E-state index in [0.717, 1.165) is 44.2 Å². The number of para-hydroxylation sites is 1. The molecule has 0 N–H and O–H groups in total. The van der Waals surface area contributed by atoms with Crippen LogP contribution in [0.2, 0.25) is 0 Å². The third-order valence-electron chi connectivity index (χ3n) is 7.28. The van der Waals surface area contributed by atoms with E-state index in [-0.39, 0.29) is 0 Å². The second-order valence-corrected chi connectivity index (χ2v) is 9.27. The molecule has 0 aliphatic carbocycles. The molecule has 2 aromatic heterocycles. The van der Waals surface area contributed by atoms with E-state index < -0.39 is 0 Å². The minimum Gasteiger partial charge on any atom is -0.456 e. The van der Waals surface area contributed by atoms with Gasteiger partial charge in [0, 0.05) is 21.7 Å². The fraction of sp³-hybridized carbons (Fsp3) is 0. The molecule has 8 aromatic rings. The number of rotatable bonds is 2. The first-order chi connectivity index (χ1) is 17.9. The first-order valence-corrected chi connectivity index (χ1v) is 12.2. The maximum Gasteiger partial charge on any atom is 0.136 e. The van der Waals surface area contributed by atoms with Gasteiger partial charge in [0.15, 0.2) is 0 Å². The monoisotopic (exact) mass is 460 g/mol. The Kier molecular flexibility index (Phi) is 3.97. The van der Waals surface area contributed by atoms with Crippen molar-refractivity contribution in [1.82, 2.24) is 0 Å². The number of furan rings is 2. The smallest absolute Gasteiger partial charge is 0.136 e. The average molecular weight is 461 g/mol. The molecule has 36 heavy (non-hydrogen) atoms. The van der Waals surface area contributed by atoms with E-state index in [0.29, 0.717) is 0 Å². The Labute approximate surface area is 207 Å².